The van der Waals surface area contributed by atoms with Gasteiger partial charge in [-0.1, -0.05) is 15.9 Å². The van der Waals surface area contributed by atoms with Crippen molar-refractivity contribution >= 4 is 27.5 Å². The number of morpholine rings is 1. The number of hydrogen-bond acceptors (Lipinski definition) is 2. The highest BCUT2D eigenvalue weighted by Gasteiger charge is 2.27. The van der Waals surface area contributed by atoms with Gasteiger partial charge in [-0.15, -0.1) is 0 Å². The normalized spacial score (nSPS) is 27.0. The van der Waals surface area contributed by atoms with Crippen molar-refractivity contribution in [2.24, 2.45) is 0 Å². The molecule has 5 heteroatoms. The Morgan fingerprint density at radius 2 is 1.89 bits per heavy atom. The fourth-order valence-corrected chi connectivity index (χ4v) is 2.76. The van der Waals surface area contributed by atoms with Gasteiger partial charge in [-0.3, -0.25) is 4.79 Å². The molecule has 2 N–H and O–H groups in total. The zero-order chi connectivity index (χ0) is 13.8. The van der Waals surface area contributed by atoms with E-state index in [2.05, 4.69) is 35.1 Å². The molecule has 0 bridgehead atoms. The van der Waals surface area contributed by atoms with Crippen LogP contribution in [0.15, 0.2) is 28.7 Å². The second-order valence-electron chi connectivity index (χ2n) is 5.15. The number of amides is 1. The van der Waals surface area contributed by atoms with Crippen LogP contribution in [-0.2, 0) is 9.53 Å². The minimum atomic E-state index is 0.0543. The summed E-state index contributed by atoms with van der Waals surface area (Å²) in [4.78, 5) is 13.3. The molecular weight excluding hydrogens is 308 g/mol. The van der Waals surface area contributed by atoms with E-state index in [1.165, 1.54) is 4.90 Å². The second-order valence-corrected chi connectivity index (χ2v) is 6.06. The number of rotatable bonds is 3. The van der Waals surface area contributed by atoms with Crippen molar-refractivity contribution in [3.8, 4) is 0 Å². The van der Waals surface area contributed by atoms with Crippen LogP contribution in [-0.4, -0.2) is 37.7 Å². The Kier molecular flexibility index (Phi) is 4.96. The molecule has 4 nitrogen and oxygen atoms in total. The van der Waals surface area contributed by atoms with Crippen molar-refractivity contribution in [2.45, 2.75) is 26.1 Å². The third-order valence-corrected chi connectivity index (χ3v) is 3.68. The molecule has 2 rings (SSSR count). The van der Waals surface area contributed by atoms with Crippen LogP contribution in [0.1, 0.15) is 13.8 Å². The van der Waals surface area contributed by atoms with Gasteiger partial charge in [0.2, 0.25) is 0 Å². The molecule has 0 unspecified atom stereocenters. The molecule has 0 aromatic heterocycles. The maximum Gasteiger partial charge on any atom is 0.279 e. The lowest BCUT2D eigenvalue weighted by molar-refractivity contribution is -0.907. The van der Waals surface area contributed by atoms with E-state index in [-0.39, 0.29) is 18.1 Å². The standard InChI is InChI=1S/C14H19BrN2O2/c1-10-7-17(8-11(2)19-10)9-14(18)16-13-5-3-12(15)4-6-13/h3-6,10-11H,7-9H2,1-2H3,(H,16,18)/p+1/t10-,11-/m0/s1. The molecule has 104 valence electrons. The summed E-state index contributed by atoms with van der Waals surface area (Å²) in [5, 5.41) is 2.92. The van der Waals surface area contributed by atoms with Gasteiger partial charge in [0, 0.05) is 10.2 Å². The van der Waals surface area contributed by atoms with Crippen LogP contribution < -0.4 is 10.2 Å². The summed E-state index contributed by atoms with van der Waals surface area (Å²) in [6, 6.07) is 7.62. The number of carbonyl (C=O) groups is 1. The summed E-state index contributed by atoms with van der Waals surface area (Å²) in [5.74, 6) is 0.0543. The summed E-state index contributed by atoms with van der Waals surface area (Å²) in [7, 11) is 0. The molecule has 1 aliphatic heterocycles. The van der Waals surface area contributed by atoms with Crippen molar-refractivity contribution in [3.05, 3.63) is 28.7 Å². The molecule has 0 radical (unpaired) electrons. The Morgan fingerprint density at radius 3 is 2.47 bits per heavy atom. The number of benzene rings is 1. The lowest BCUT2D eigenvalue weighted by Crippen LogP contribution is -3.16. The molecule has 1 heterocycles. The van der Waals surface area contributed by atoms with E-state index < -0.39 is 0 Å². The Morgan fingerprint density at radius 1 is 1.32 bits per heavy atom. The first kappa shape index (κ1) is 14.5. The van der Waals surface area contributed by atoms with E-state index in [0.29, 0.717) is 6.54 Å². The molecule has 1 amide bonds. The largest absolute Gasteiger partial charge is 0.364 e. The van der Waals surface area contributed by atoms with Crippen molar-refractivity contribution < 1.29 is 14.4 Å². The predicted octanol–water partition coefficient (Wildman–Crippen LogP) is 1.08. The minimum absolute atomic E-state index is 0.0543. The highest BCUT2D eigenvalue weighted by Crippen LogP contribution is 2.13. The van der Waals surface area contributed by atoms with Gasteiger partial charge < -0.3 is 15.0 Å². The molecule has 0 aliphatic carbocycles. The SMILES string of the molecule is C[C@H]1C[NH+](CC(=O)Nc2ccc(Br)cc2)C[C@H](C)O1. The van der Waals surface area contributed by atoms with E-state index in [0.717, 1.165) is 23.2 Å². The van der Waals surface area contributed by atoms with Crippen LogP contribution >= 0.6 is 15.9 Å². The van der Waals surface area contributed by atoms with Gasteiger partial charge in [-0.2, -0.15) is 0 Å². The summed E-state index contributed by atoms with van der Waals surface area (Å²) < 4.78 is 6.68. The average molecular weight is 328 g/mol. The van der Waals surface area contributed by atoms with Crippen molar-refractivity contribution in [1.82, 2.24) is 0 Å². The minimum Gasteiger partial charge on any atom is -0.364 e. The van der Waals surface area contributed by atoms with Gasteiger partial charge in [0.05, 0.1) is 0 Å². The molecular formula is C14H20BrN2O2+. The number of hydrogen-bond donors (Lipinski definition) is 2. The molecule has 1 saturated heterocycles. The third-order valence-electron chi connectivity index (χ3n) is 3.16. The molecule has 1 aromatic carbocycles. The quantitative estimate of drug-likeness (QED) is 0.872. The molecule has 0 spiro atoms. The van der Waals surface area contributed by atoms with Crippen molar-refractivity contribution in [3.63, 3.8) is 0 Å². The lowest BCUT2D eigenvalue weighted by atomic mass is 10.2. The van der Waals surface area contributed by atoms with Gasteiger partial charge >= 0.3 is 0 Å². The Hall–Kier alpha value is -0.910. The number of quaternary nitrogens is 1. The van der Waals surface area contributed by atoms with Crippen LogP contribution in [0.25, 0.3) is 0 Å². The first-order valence-electron chi connectivity index (χ1n) is 6.57. The van der Waals surface area contributed by atoms with Crippen LogP contribution in [0, 0.1) is 0 Å². The summed E-state index contributed by atoms with van der Waals surface area (Å²) >= 11 is 3.37. The van der Waals surface area contributed by atoms with E-state index in [9.17, 15) is 4.79 Å². The van der Waals surface area contributed by atoms with Gasteiger partial charge in [-0.05, 0) is 38.1 Å². The van der Waals surface area contributed by atoms with E-state index in [4.69, 9.17) is 4.74 Å². The fraction of sp³-hybridized carbons (Fsp3) is 0.500. The summed E-state index contributed by atoms with van der Waals surface area (Å²) in [6.45, 7) is 6.38. The number of carbonyl (C=O) groups excluding carboxylic acids is 1. The number of ether oxygens (including phenoxy) is 1. The number of anilines is 1. The van der Waals surface area contributed by atoms with Crippen LogP contribution in [0.5, 0.6) is 0 Å². The van der Waals surface area contributed by atoms with Gasteiger partial charge in [0.25, 0.3) is 5.91 Å². The van der Waals surface area contributed by atoms with Crippen molar-refractivity contribution in [2.75, 3.05) is 25.0 Å². The number of halogens is 1. The molecule has 19 heavy (non-hydrogen) atoms. The van der Waals surface area contributed by atoms with Gasteiger partial charge in [0.1, 0.15) is 25.3 Å². The second kappa shape index (κ2) is 6.50. The van der Waals surface area contributed by atoms with Crippen LogP contribution in [0.2, 0.25) is 0 Å². The summed E-state index contributed by atoms with van der Waals surface area (Å²) in [5.41, 5.74) is 0.835. The van der Waals surface area contributed by atoms with E-state index in [1.54, 1.807) is 0 Å². The molecule has 1 aromatic rings. The zero-order valence-electron chi connectivity index (χ0n) is 11.3. The zero-order valence-corrected chi connectivity index (χ0v) is 12.9. The Labute approximate surface area is 122 Å². The Balaban J connectivity index is 1.85. The number of nitrogens with one attached hydrogen (secondary N) is 2. The molecule has 1 aliphatic rings. The maximum absolute atomic E-state index is 12.0. The first-order valence-corrected chi connectivity index (χ1v) is 7.36. The maximum atomic E-state index is 12.0. The van der Waals surface area contributed by atoms with Gasteiger partial charge in [0.15, 0.2) is 6.54 Å². The lowest BCUT2D eigenvalue weighted by Gasteiger charge is -2.31. The topological polar surface area (TPSA) is 42.8 Å². The van der Waals surface area contributed by atoms with Gasteiger partial charge in [-0.25, -0.2) is 0 Å². The monoisotopic (exact) mass is 327 g/mol. The smallest absolute Gasteiger partial charge is 0.279 e. The van der Waals surface area contributed by atoms with E-state index in [1.807, 2.05) is 24.3 Å². The molecule has 1 fully saturated rings. The third kappa shape index (κ3) is 4.60. The Bertz CT molecular complexity index is 426. The van der Waals surface area contributed by atoms with Crippen LogP contribution in [0.4, 0.5) is 5.69 Å². The highest BCUT2D eigenvalue weighted by atomic mass is 79.9. The summed E-state index contributed by atoms with van der Waals surface area (Å²) in [6.07, 6.45) is 0.443. The van der Waals surface area contributed by atoms with E-state index >= 15 is 0 Å². The first-order chi connectivity index (χ1) is 9.02. The fourth-order valence-electron chi connectivity index (χ4n) is 2.50. The predicted molar refractivity (Wildman–Crippen MR) is 78.3 cm³/mol. The molecule has 0 saturated carbocycles. The van der Waals surface area contributed by atoms with Crippen molar-refractivity contribution in [1.29, 1.82) is 0 Å². The average Bonchev–Trinajstić information content (AvgIpc) is 2.30. The highest BCUT2D eigenvalue weighted by molar-refractivity contribution is 9.10. The van der Waals surface area contributed by atoms with Crippen LogP contribution in [0.3, 0.4) is 0 Å². The molecule has 2 atom stereocenters.